The first-order chi connectivity index (χ1) is 8.72. The van der Waals surface area contributed by atoms with Crippen LogP contribution in [0.15, 0.2) is 12.7 Å². The van der Waals surface area contributed by atoms with Crippen molar-refractivity contribution in [1.82, 2.24) is 0 Å². The molecule has 3 unspecified atom stereocenters. The first-order valence-corrected chi connectivity index (χ1v) is 7.57. The Labute approximate surface area is 111 Å². The van der Waals surface area contributed by atoms with E-state index < -0.39 is 0 Å². The van der Waals surface area contributed by atoms with Gasteiger partial charge in [0.05, 0.1) is 0 Å². The zero-order chi connectivity index (χ0) is 13.0. The number of carbonyl (C=O) groups is 1. The standard InChI is InChI=1S/C16H26O2/c1-3-11-16(18-15(17)4-2)12-10-13-8-6-5-7-9-14(13)16/h4,13-14H,2-3,5-12H2,1H3. The van der Waals surface area contributed by atoms with Crippen molar-refractivity contribution in [3.05, 3.63) is 12.7 Å². The van der Waals surface area contributed by atoms with Crippen molar-refractivity contribution in [3.63, 3.8) is 0 Å². The van der Waals surface area contributed by atoms with Crippen LogP contribution in [0.3, 0.4) is 0 Å². The fourth-order valence-corrected chi connectivity index (χ4v) is 4.19. The lowest BCUT2D eigenvalue weighted by atomic mass is 9.79. The minimum absolute atomic E-state index is 0.172. The Morgan fingerprint density at radius 2 is 2.11 bits per heavy atom. The molecule has 0 aliphatic heterocycles. The van der Waals surface area contributed by atoms with Crippen molar-refractivity contribution >= 4 is 5.97 Å². The van der Waals surface area contributed by atoms with Gasteiger partial charge in [0.15, 0.2) is 0 Å². The van der Waals surface area contributed by atoms with E-state index in [0.29, 0.717) is 5.92 Å². The lowest BCUT2D eigenvalue weighted by molar-refractivity contribution is -0.160. The molecule has 2 aliphatic carbocycles. The third kappa shape index (κ3) is 2.62. The van der Waals surface area contributed by atoms with E-state index in [9.17, 15) is 4.79 Å². The first kappa shape index (κ1) is 13.6. The van der Waals surface area contributed by atoms with Gasteiger partial charge in [0.2, 0.25) is 0 Å². The zero-order valence-electron chi connectivity index (χ0n) is 11.6. The number of rotatable bonds is 4. The molecule has 0 N–H and O–H groups in total. The van der Waals surface area contributed by atoms with Crippen LogP contribution < -0.4 is 0 Å². The average Bonchev–Trinajstić information content (AvgIpc) is 2.56. The summed E-state index contributed by atoms with van der Waals surface area (Å²) in [6.07, 6.45) is 12.3. The van der Waals surface area contributed by atoms with Gasteiger partial charge in [0, 0.05) is 12.0 Å². The summed E-state index contributed by atoms with van der Waals surface area (Å²) in [5.41, 5.74) is -0.172. The zero-order valence-corrected chi connectivity index (χ0v) is 11.6. The monoisotopic (exact) mass is 250 g/mol. The van der Waals surface area contributed by atoms with Crippen molar-refractivity contribution < 1.29 is 9.53 Å². The molecule has 2 aliphatic rings. The second-order valence-corrected chi connectivity index (χ2v) is 5.98. The van der Waals surface area contributed by atoms with E-state index in [2.05, 4.69) is 13.5 Å². The molecule has 0 aromatic heterocycles. The largest absolute Gasteiger partial charge is 0.456 e. The molecule has 102 valence electrons. The lowest BCUT2D eigenvalue weighted by Gasteiger charge is -2.36. The van der Waals surface area contributed by atoms with Gasteiger partial charge in [0.25, 0.3) is 0 Å². The van der Waals surface area contributed by atoms with Gasteiger partial charge in [-0.3, -0.25) is 0 Å². The van der Waals surface area contributed by atoms with Gasteiger partial charge in [-0.05, 0) is 31.6 Å². The van der Waals surface area contributed by atoms with Crippen molar-refractivity contribution in [2.24, 2.45) is 11.8 Å². The van der Waals surface area contributed by atoms with Gasteiger partial charge in [0.1, 0.15) is 5.60 Å². The second kappa shape index (κ2) is 5.90. The normalized spacial score (nSPS) is 35.6. The van der Waals surface area contributed by atoms with Crippen LogP contribution in [0, 0.1) is 11.8 Å². The van der Waals surface area contributed by atoms with Crippen LogP contribution in [-0.4, -0.2) is 11.6 Å². The van der Waals surface area contributed by atoms with E-state index in [1.807, 2.05) is 0 Å². The van der Waals surface area contributed by atoms with E-state index in [1.54, 1.807) is 0 Å². The van der Waals surface area contributed by atoms with Crippen LogP contribution >= 0.6 is 0 Å². The number of hydrogen-bond donors (Lipinski definition) is 0. The predicted molar refractivity (Wildman–Crippen MR) is 73.2 cm³/mol. The molecule has 2 heteroatoms. The summed E-state index contributed by atoms with van der Waals surface area (Å²) in [4.78, 5) is 11.7. The van der Waals surface area contributed by atoms with Gasteiger partial charge >= 0.3 is 5.97 Å². The number of hydrogen-bond acceptors (Lipinski definition) is 2. The molecular weight excluding hydrogens is 224 g/mol. The Kier molecular flexibility index (Phi) is 4.47. The molecule has 0 saturated heterocycles. The molecule has 18 heavy (non-hydrogen) atoms. The summed E-state index contributed by atoms with van der Waals surface area (Å²) < 4.78 is 5.86. The number of ether oxygens (including phenoxy) is 1. The Morgan fingerprint density at radius 1 is 1.33 bits per heavy atom. The number of esters is 1. The predicted octanol–water partition coefficient (Wildman–Crippen LogP) is 4.24. The minimum atomic E-state index is -0.228. The summed E-state index contributed by atoms with van der Waals surface area (Å²) in [5, 5.41) is 0. The average molecular weight is 250 g/mol. The maximum atomic E-state index is 11.7. The van der Waals surface area contributed by atoms with Gasteiger partial charge < -0.3 is 4.74 Å². The quantitative estimate of drug-likeness (QED) is 0.551. The molecule has 2 saturated carbocycles. The van der Waals surface area contributed by atoms with Crippen LogP contribution in [0.25, 0.3) is 0 Å². The van der Waals surface area contributed by atoms with Crippen LogP contribution in [0.1, 0.15) is 64.7 Å². The molecule has 0 amide bonds. The van der Waals surface area contributed by atoms with Gasteiger partial charge in [-0.2, -0.15) is 0 Å². The first-order valence-electron chi connectivity index (χ1n) is 7.57. The topological polar surface area (TPSA) is 26.3 Å². The number of fused-ring (bicyclic) bond motifs is 1. The van der Waals surface area contributed by atoms with E-state index >= 15 is 0 Å². The molecule has 3 atom stereocenters. The fourth-order valence-electron chi connectivity index (χ4n) is 4.19. The molecule has 2 nitrogen and oxygen atoms in total. The van der Waals surface area contributed by atoms with Crippen molar-refractivity contribution in [1.29, 1.82) is 0 Å². The minimum Gasteiger partial charge on any atom is -0.456 e. The Morgan fingerprint density at radius 3 is 2.83 bits per heavy atom. The summed E-state index contributed by atoms with van der Waals surface area (Å²) >= 11 is 0. The molecule has 0 aromatic rings. The summed E-state index contributed by atoms with van der Waals surface area (Å²) in [6, 6.07) is 0. The highest BCUT2D eigenvalue weighted by atomic mass is 16.6. The third-order valence-electron chi connectivity index (χ3n) is 4.92. The molecule has 0 heterocycles. The van der Waals surface area contributed by atoms with Crippen LogP contribution in [0.4, 0.5) is 0 Å². The Bertz CT molecular complexity index is 310. The van der Waals surface area contributed by atoms with Crippen molar-refractivity contribution in [2.45, 2.75) is 70.3 Å². The van der Waals surface area contributed by atoms with Gasteiger partial charge in [-0.1, -0.05) is 45.6 Å². The van der Waals surface area contributed by atoms with E-state index in [4.69, 9.17) is 4.74 Å². The van der Waals surface area contributed by atoms with Crippen LogP contribution in [0.5, 0.6) is 0 Å². The van der Waals surface area contributed by atoms with Gasteiger partial charge in [-0.15, -0.1) is 0 Å². The SMILES string of the molecule is C=CC(=O)OC1(CCC)CCC2CCCCCC21. The third-order valence-corrected chi connectivity index (χ3v) is 4.92. The van der Waals surface area contributed by atoms with E-state index in [-0.39, 0.29) is 11.6 Å². The Hall–Kier alpha value is -0.790. The van der Waals surface area contributed by atoms with E-state index in [0.717, 1.165) is 25.2 Å². The van der Waals surface area contributed by atoms with Crippen molar-refractivity contribution in [2.75, 3.05) is 0 Å². The van der Waals surface area contributed by atoms with Crippen LogP contribution in [-0.2, 0) is 9.53 Å². The summed E-state index contributed by atoms with van der Waals surface area (Å²) in [5.74, 6) is 1.16. The van der Waals surface area contributed by atoms with Crippen LogP contribution in [0.2, 0.25) is 0 Å². The fraction of sp³-hybridized carbons (Fsp3) is 0.812. The lowest BCUT2D eigenvalue weighted by Crippen LogP contribution is -2.40. The maximum absolute atomic E-state index is 11.7. The van der Waals surface area contributed by atoms with Crippen molar-refractivity contribution in [3.8, 4) is 0 Å². The molecule has 0 radical (unpaired) electrons. The molecule has 2 fully saturated rings. The number of carbonyl (C=O) groups excluding carboxylic acids is 1. The molecule has 0 spiro atoms. The molecule has 0 aromatic carbocycles. The Balaban J connectivity index is 2.17. The molecule has 0 bridgehead atoms. The molecular formula is C16H26O2. The second-order valence-electron chi connectivity index (χ2n) is 5.98. The highest BCUT2D eigenvalue weighted by Gasteiger charge is 2.50. The maximum Gasteiger partial charge on any atom is 0.330 e. The highest BCUT2D eigenvalue weighted by Crippen LogP contribution is 2.51. The smallest absolute Gasteiger partial charge is 0.330 e. The van der Waals surface area contributed by atoms with Gasteiger partial charge in [-0.25, -0.2) is 4.79 Å². The highest BCUT2D eigenvalue weighted by molar-refractivity contribution is 5.81. The van der Waals surface area contributed by atoms with E-state index in [1.165, 1.54) is 44.6 Å². The summed E-state index contributed by atoms with van der Waals surface area (Å²) in [6.45, 7) is 5.73. The summed E-state index contributed by atoms with van der Waals surface area (Å²) in [7, 11) is 0. The molecule has 2 rings (SSSR count).